The highest BCUT2D eigenvalue weighted by Crippen LogP contribution is 2.32. The van der Waals surface area contributed by atoms with E-state index in [-0.39, 0.29) is 11.6 Å². The average molecular weight is 403 g/mol. The zero-order chi connectivity index (χ0) is 20.9. The van der Waals surface area contributed by atoms with Crippen LogP contribution in [0.2, 0.25) is 0 Å². The van der Waals surface area contributed by atoms with Crippen molar-refractivity contribution in [2.75, 3.05) is 11.4 Å². The highest BCUT2D eigenvalue weighted by molar-refractivity contribution is 5.95. The Morgan fingerprint density at radius 1 is 0.931 bits per heavy atom. The van der Waals surface area contributed by atoms with Gasteiger partial charge in [0.25, 0.3) is 5.69 Å². The topological polar surface area (TPSA) is 63.5 Å². The number of hydrogen-bond acceptors (Lipinski definition) is 3. The van der Waals surface area contributed by atoms with Crippen molar-refractivity contribution in [3.63, 3.8) is 0 Å². The molecule has 2 rings (SSSR count). The van der Waals surface area contributed by atoms with Gasteiger partial charge in [0, 0.05) is 25.1 Å². The molecule has 0 saturated heterocycles. The molecule has 0 atom stereocenters. The van der Waals surface area contributed by atoms with Crippen molar-refractivity contribution in [1.29, 1.82) is 0 Å². The van der Waals surface area contributed by atoms with Crippen LogP contribution < -0.4 is 4.90 Å². The van der Waals surface area contributed by atoms with E-state index in [1.807, 2.05) is 0 Å². The Morgan fingerprint density at radius 2 is 1.48 bits per heavy atom. The van der Waals surface area contributed by atoms with Gasteiger partial charge in [0.2, 0.25) is 5.91 Å². The largest absolute Gasteiger partial charge is 0.312 e. The molecular formula is C24H38N2O3. The van der Waals surface area contributed by atoms with E-state index in [9.17, 15) is 14.9 Å². The first kappa shape index (κ1) is 23.4. The average Bonchev–Trinajstić information content (AvgIpc) is 3.14. The zero-order valence-electron chi connectivity index (χ0n) is 18.2. The van der Waals surface area contributed by atoms with Crippen LogP contribution in [-0.2, 0) is 11.2 Å². The van der Waals surface area contributed by atoms with E-state index in [1.165, 1.54) is 76.7 Å². The maximum Gasteiger partial charge on any atom is 0.271 e. The fourth-order valence-electron chi connectivity index (χ4n) is 4.17. The smallest absolute Gasteiger partial charge is 0.271 e. The summed E-state index contributed by atoms with van der Waals surface area (Å²) in [7, 11) is 0. The van der Waals surface area contributed by atoms with Crippen molar-refractivity contribution < 1.29 is 9.72 Å². The molecule has 0 spiro atoms. The second kappa shape index (κ2) is 13.3. The lowest BCUT2D eigenvalue weighted by atomic mass is 10.0. The molecule has 0 unspecified atom stereocenters. The molecule has 162 valence electrons. The number of rotatable bonds is 15. The fourth-order valence-corrected chi connectivity index (χ4v) is 4.17. The van der Waals surface area contributed by atoms with Gasteiger partial charge in [0.15, 0.2) is 0 Å². The highest BCUT2D eigenvalue weighted by atomic mass is 16.6. The minimum absolute atomic E-state index is 0.0596. The van der Waals surface area contributed by atoms with Crippen molar-refractivity contribution >= 4 is 17.3 Å². The number of unbranched alkanes of at least 4 members (excludes halogenated alkanes) is 12. The van der Waals surface area contributed by atoms with Crippen LogP contribution in [0.5, 0.6) is 0 Å². The third kappa shape index (κ3) is 8.15. The van der Waals surface area contributed by atoms with Crippen LogP contribution in [0.15, 0.2) is 18.2 Å². The first-order chi connectivity index (χ1) is 14.1. The number of carbonyl (C=O) groups excluding carboxylic acids is 1. The van der Waals surface area contributed by atoms with E-state index >= 15 is 0 Å². The molecule has 0 aromatic heterocycles. The third-order valence-electron chi connectivity index (χ3n) is 5.97. The van der Waals surface area contributed by atoms with Crippen LogP contribution in [-0.4, -0.2) is 17.4 Å². The number of carbonyl (C=O) groups is 1. The maximum absolute atomic E-state index is 12.5. The second-order valence-electron chi connectivity index (χ2n) is 8.36. The maximum atomic E-state index is 12.5. The van der Waals surface area contributed by atoms with Crippen LogP contribution >= 0.6 is 0 Å². The van der Waals surface area contributed by atoms with E-state index in [0.29, 0.717) is 13.0 Å². The molecule has 0 bridgehead atoms. The Kier molecular flexibility index (Phi) is 10.7. The molecule has 0 radical (unpaired) electrons. The minimum Gasteiger partial charge on any atom is -0.312 e. The predicted octanol–water partition coefficient (Wildman–Crippen LogP) is 6.97. The number of anilines is 1. The van der Waals surface area contributed by atoms with Gasteiger partial charge in [0.1, 0.15) is 0 Å². The number of nitrogens with zero attached hydrogens (tertiary/aromatic N) is 2. The van der Waals surface area contributed by atoms with Crippen LogP contribution in [0.4, 0.5) is 11.4 Å². The minimum atomic E-state index is -0.395. The monoisotopic (exact) mass is 402 g/mol. The lowest BCUT2D eigenvalue weighted by Crippen LogP contribution is -2.28. The standard InChI is InChI=1S/C24H38N2O3/c1-2-3-4-5-6-7-8-9-10-11-12-13-14-15-24(27)25-19-18-21-16-17-22(26(28)29)20-23(21)25/h16-17,20H,2-15,18-19H2,1H3. The summed E-state index contributed by atoms with van der Waals surface area (Å²) in [6.45, 7) is 2.91. The van der Waals surface area contributed by atoms with E-state index in [4.69, 9.17) is 0 Å². The SMILES string of the molecule is CCCCCCCCCCCCCCCC(=O)N1CCc2ccc([N+](=O)[O-])cc21. The summed E-state index contributed by atoms with van der Waals surface area (Å²) in [5, 5.41) is 11.0. The van der Waals surface area contributed by atoms with Gasteiger partial charge in [-0.2, -0.15) is 0 Å². The van der Waals surface area contributed by atoms with Crippen molar-refractivity contribution in [2.24, 2.45) is 0 Å². The summed E-state index contributed by atoms with van der Waals surface area (Å²) in [4.78, 5) is 24.9. The van der Waals surface area contributed by atoms with Crippen LogP contribution in [0.1, 0.15) is 102 Å². The molecule has 29 heavy (non-hydrogen) atoms. The van der Waals surface area contributed by atoms with Gasteiger partial charge in [-0.05, 0) is 18.4 Å². The Morgan fingerprint density at radius 3 is 2.03 bits per heavy atom. The second-order valence-corrected chi connectivity index (χ2v) is 8.36. The zero-order valence-corrected chi connectivity index (χ0v) is 18.2. The summed E-state index contributed by atoms with van der Waals surface area (Å²) in [5.74, 6) is 0.104. The fraction of sp³-hybridized carbons (Fsp3) is 0.708. The van der Waals surface area contributed by atoms with E-state index in [1.54, 1.807) is 17.0 Å². The summed E-state index contributed by atoms with van der Waals surface area (Å²) >= 11 is 0. The van der Waals surface area contributed by atoms with E-state index in [2.05, 4.69) is 6.92 Å². The van der Waals surface area contributed by atoms with Crippen LogP contribution in [0.25, 0.3) is 0 Å². The molecule has 0 aliphatic carbocycles. The van der Waals surface area contributed by atoms with Gasteiger partial charge in [-0.15, -0.1) is 0 Å². The normalized spacial score (nSPS) is 12.9. The Labute approximate surface area is 176 Å². The first-order valence-corrected chi connectivity index (χ1v) is 11.7. The quantitative estimate of drug-likeness (QED) is 0.181. The van der Waals surface area contributed by atoms with Crippen molar-refractivity contribution in [2.45, 2.75) is 103 Å². The lowest BCUT2D eigenvalue weighted by molar-refractivity contribution is -0.384. The van der Waals surface area contributed by atoms with Gasteiger partial charge in [0.05, 0.1) is 10.6 Å². The van der Waals surface area contributed by atoms with Crippen LogP contribution in [0.3, 0.4) is 0 Å². The Balaban J connectivity index is 1.52. The molecule has 1 amide bonds. The van der Waals surface area contributed by atoms with E-state index < -0.39 is 4.92 Å². The number of nitro groups is 1. The van der Waals surface area contributed by atoms with Crippen molar-refractivity contribution in [3.05, 3.63) is 33.9 Å². The number of benzene rings is 1. The molecule has 5 heteroatoms. The van der Waals surface area contributed by atoms with Gasteiger partial charge >= 0.3 is 0 Å². The lowest BCUT2D eigenvalue weighted by Gasteiger charge is -2.17. The molecule has 1 aromatic rings. The highest BCUT2D eigenvalue weighted by Gasteiger charge is 2.26. The molecule has 0 N–H and O–H groups in total. The summed E-state index contributed by atoms with van der Waals surface area (Å²) in [6.07, 6.45) is 18.1. The number of fused-ring (bicyclic) bond motifs is 1. The van der Waals surface area contributed by atoms with Gasteiger partial charge < -0.3 is 4.90 Å². The Bertz CT molecular complexity index is 645. The molecule has 0 fully saturated rings. The molecule has 1 aliphatic rings. The summed E-state index contributed by atoms with van der Waals surface area (Å²) < 4.78 is 0. The van der Waals surface area contributed by atoms with Gasteiger partial charge in [-0.3, -0.25) is 14.9 Å². The number of amides is 1. The van der Waals surface area contributed by atoms with Crippen LogP contribution in [0, 0.1) is 10.1 Å². The Hall–Kier alpha value is -1.91. The van der Waals surface area contributed by atoms with Crippen molar-refractivity contribution in [3.8, 4) is 0 Å². The van der Waals surface area contributed by atoms with Crippen molar-refractivity contribution in [1.82, 2.24) is 0 Å². The molecule has 1 heterocycles. The number of hydrogen-bond donors (Lipinski definition) is 0. The molecule has 1 aromatic carbocycles. The molecule has 5 nitrogen and oxygen atoms in total. The van der Waals surface area contributed by atoms with E-state index in [0.717, 1.165) is 30.5 Å². The molecule has 0 saturated carbocycles. The summed E-state index contributed by atoms with van der Waals surface area (Å²) in [5.41, 5.74) is 1.83. The molecular weight excluding hydrogens is 364 g/mol. The molecule has 1 aliphatic heterocycles. The van der Waals surface area contributed by atoms with Gasteiger partial charge in [-0.1, -0.05) is 90.0 Å². The number of nitro benzene ring substituents is 1. The third-order valence-corrected chi connectivity index (χ3v) is 5.97. The predicted molar refractivity (Wildman–Crippen MR) is 119 cm³/mol. The first-order valence-electron chi connectivity index (χ1n) is 11.7. The number of non-ortho nitro benzene ring substituents is 1. The summed E-state index contributed by atoms with van der Waals surface area (Å²) in [6, 6.07) is 4.86. The van der Waals surface area contributed by atoms with Gasteiger partial charge in [-0.25, -0.2) is 0 Å².